The van der Waals surface area contributed by atoms with E-state index in [1.54, 1.807) is 4.52 Å². The van der Waals surface area contributed by atoms with Crippen molar-refractivity contribution in [2.75, 3.05) is 36.1 Å². The highest BCUT2D eigenvalue weighted by molar-refractivity contribution is 7.91. The molecule has 3 heterocycles. The summed E-state index contributed by atoms with van der Waals surface area (Å²) < 4.78 is 37.6. The number of hydrogen-bond donors (Lipinski definition) is 1. The van der Waals surface area contributed by atoms with Crippen LogP contribution in [0.5, 0.6) is 5.75 Å². The van der Waals surface area contributed by atoms with E-state index in [0.717, 1.165) is 30.6 Å². The number of halogens is 1. The number of aromatic nitrogens is 4. The number of nitrogens with zero attached hydrogens (tertiary/aromatic N) is 4. The predicted molar refractivity (Wildman–Crippen MR) is 184 cm³/mol. The standard InChI is InChI=1S/C34H52ClN5O5S/c1-7-8-9-10-11-12-13-14-15-27(45-26-18-16-25(17-19-26)39-20-22-46(42,43)23-21-39)31(41)44-24-34(5,6)32-37-36-30-28(35)29(33(2,3)4)38-40(30)32/h16-19,27,38H,7-15,20-24H2,1-6H3. The van der Waals surface area contributed by atoms with Gasteiger partial charge < -0.3 is 14.4 Å². The van der Waals surface area contributed by atoms with Crippen LogP contribution in [0.1, 0.15) is 111 Å². The van der Waals surface area contributed by atoms with Crippen LogP contribution < -0.4 is 9.64 Å². The molecular weight excluding hydrogens is 626 g/mol. The smallest absolute Gasteiger partial charge is 0.347 e. The number of esters is 1. The largest absolute Gasteiger partial charge is 0.479 e. The predicted octanol–water partition coefficient (Wildman–Crippen LogP) is 7.04. The second-order valence-electron chi connectivity index (χ2n) is 14.2. The fraction of sp³-hybridized carbons (Fsp3) is 0.676. The summed E-state index contributed by atoms with van der Waals surface area (Å²) in [6.45, 7) is 13.4. The molecule has 12 heteroatoms. The molecule has 46 heavy (non-hydrogen) atoms. The van der Waals surface area contributed by atoms with E-state index < -0.39 is 27.3 Å². The van der Waals surface area contributed by atoms with Gasteiger partial charge in [0.15, 0.2) is 27.4 Å². The Morgan fingerprint density at radius 2 is 1.57 bits per heavy atom. The van der Waals surface area contributed by atoms with E-state index in [1.807, 2.05) is 38.1 Å². The van der Waals surface area contributed by atoms with E-state index in [-0.39, 0.29) is 23.5 Å². The Balaban J connectivity index is 1.41. The number of carbonyl (C=O) groups excluding carboxylic acids is 1. The van der Waals surface area contributed by atoms with E-state index in [1.165, 1.54) is 32.1 Å². The van der Waals surface area contributed by atoms with E-state index >= 15 is 0 Å². The van der Waals surface area contributed by atoms with Crippen LogP contribution >= 0.6 is 11.6 Å². The van der Waals surface area contributed by atoms with Crippen molar-refractivity contribution in [3.63, 3.8) is 0 Å². The normalized spacial score (nSPS) is 16.1. The molecule has 10 nitrogen and oxygen atoms in total. The Labute approximate surface area is 279 Å². The monoisotopic (exact) mass is 677 g/mol. The number of anilines is 1. The zero-order chi connectivity index (χ0) is 33.5. The van der Waals surface area contributed by atoms with Crippen LogP contribution in [0.3, 0.4) is 0 Å². The molecule has 0 aliphatic carbocycles. The Morgan fingerprint density at radius 1 is 0.957 bits per heavy atom. The summed E-state index contributed by atoms with van der Waals surface area (Å²) in [6, 6.07) is 7.51. The number of carbonyl (C=O) groups is 1. The lowest BCUT2D eigenvalue weighted by Crippen LogP contribution is -2.40. The molecule has 1 unspecified atom stereocenters. The van der Waals surface area contributed by atoms with E-state index in [9.17, 15) is 13.2 Å². The van der Waals surface area contributed by atoms with Crippen LogP contribution in [0.2, 0.25) is 5.02 Å². The molecule has 0 bridgehead atoms. The summed E-state index contributed by atoms with van der Waals surface area (Å²) in [5.41, 5.74) is 1.48. The molecule has 0 radical (unpaired) electrons. The first-order chi connectivity index (χ1) is 21.7. The molecule has 1 aliphatic rings. The average Bonchev–Trinajstić information content (AvgIpc) is 3.58. The van der Waals surface area contributed by atoms with Gasteiger partial charge in [0.2, 0.25) is 0 Å². The Hall–Kier alpha value is -2.79. The van der Waals surface area contributed by atoms with Crippen molar-refractivity contribution in [1.82, 2.24) is 19.8 Å². The van der Waals surface area contributed by atoms with Gasteiger partial charge in [-0.1, -0.05) is 84.2 Å². The van der Waals surface area contributed by atoms with Gasteiger partial charge in [-0.05, 0) is 51.0 Å². The van der Waals surface area contributed by atoms with Gasteiger partial charge in [-0.2, -0.15) is 0 Å². The van der Waals surface area contributed by atoms with Gasteiger partial charge in [-0.25, -0.2) is 17.7 Å². The molecule has 1 aliphatic heterocycles. The number of nitrogens with one attached hydrogen (secondary N) is 1. The summed E-state index contributed by atoms with van der Waals surface area (Å²) in [7, 11) is -2.96. The topological polar surface area (TPSA) is 119 Å². The van der Waals surface area contributed by atoms with Gasteiger partial charge >= 0.3 is 5.97 Å². The minimum atomic E-state index is -2.96. The molecule has 4 rings (SSSR count). The number of benzene rings is 1. The summed E-state index contributed by atoms with van der Waals surface area (Å²) in [5.74, 6) is 1.09. The first-order valence-electron chi connectivity index (χ1n) is 16.7. The van der Waals surface area contributed by atoms with Gasteiger partial charge in [-0.3, -0.25) is 5.10 Å². The molecule has 0 amide bonds. The lowest BCUT2D eigenvalue weighted by atomic mass is 9.92. The molecule has 1 saturated heterocycles. The first-order valence-corrected chi connectivity index (χ1v) is 18.9. The highest BCUT2D eigenvalue weighted by atomic mass is 35.5. The fourth-order valence-electron chi connectivity index (χ4n) is 5.71. The number of rotatable bonds is 16. The zero-order valence-corrected chi connectivity index (χ0v) is 30.0. The number of unbranched alkanes of at least 4 members (excludes halogenated alkanes) is 7. The molecular formula is C34H52ClN5O5S. The van der Waals surface area contributed by atoms with Crippen LogP contribution in [0.25, 0.3) is 5.65 Å². The molecule has 1 N–H and O–H groups in total. The van der Waals surface area contributed by atoms with Crippen LogP contribution in [-0.4, -0.2) is 71.5 Å². The zero-order valence-electron chi connectivity index (χ0n) is 28.4. The number of sulfone groups is 1. The van der Waals surface area contributed by atoms with Gasteiger partial charge in [0.05, 0.1) is 22.6 Å². The maximum Gasteiger partial charge on any atom is 0.347 e. The van der Waals surface area contributed by atoms with Crippen LogP contribution in [0.4, 0.5) is 5.69 Å². The first kappa shape index (κ1) is 36.1. The quantitative estimate of drug-likeness (QED) is 0.127. The van der Waals surface area contributed by atoms with Gasteiger partial charge in [0.1, 0.15) is 17.4 Å². The molecule has 1 atom stereocenters. The molecule has 3 aromatic rings. The molecule has 2 aromatic heterocycles. The summed E-state index contributed by atoms with van der Waals surface area (Å²) in [5, 5.41) is 12.6. The van der Waals surface area contributed by atoms with Crippen molar-refractivity contribution < 1.29 is 22.7 Å². The van der Waals surface area contributed by atoms with Crippen LogP contribution in [0.15, 0.2) is 24.3 Å². The Morgan fingerprint density at radius 3 is 2.17 bits per heavy atom. The lowest BCUT2D eigenvalue weighted by Gasteiger charge is -2.29. The van der Waals surface area contributed by atoms with Crippen molar-refractivity contribution in [3.05, 3.63) is 40.8 Å². The van der Waals surface area contributed by atoms with E-state index in [4.69, 9.17) is 21.1 Å². The molecule has 1 aromatic carbocycles. The number of aromatic amines is 1. The maximum atomic E-state index is 13.5. The van der Waals surface area contributed by atoms with Crippen molar-refractivity contribution in [2.45, 2.75) is 116 Å². The van der Waals surface area contributed by atoms with Gasteiger partial charge in [0.25, 0.3) is 0 Å². The maximum absolute atomic E-state index is 13.5. The van der Waals surface area contributed by atoms with Crippen molar-refractivity contribution >= 4 is 38.7 Å². The van der Waals surface area contributed by atoms with Crippen LogP contribution in [-0.2, 0) is 30.2 Å². The highest BCUT2D eigenvalue weighted by Gasteiger charge is 2.34. The number of ether oxygens (including phenoxy) is 2. The summed E-state index contributed by atoms with van der Waals surface area (Å²) in [4.78, 5) is 15.6. The minimum absolute atomic E-state index is 0.0855. The Kier molecular flexibility index (Phi) is 12.1. The number of fused-ring (bicyclic) bond motifs is 1. The molecule has 0 saturated carbocycles. The molecule has 0 spiro atoms. The molecule has 1 fully saturated rings. The van der Waals surface area contributed by atoms with Gasteiger partial charge in [0, 0.05) is 24.2 Å². The third kappa shape index (κ3) is 9.40. The lowest BCUT2D eigenvalue weighted by molar-refractivity contribution is -0.154. The van der Waals surface area contributed by atoms with Gasteiger partial charge in [-0.15, -0.1) is 10.2 Å². The van der Waals surface area contributed by atoms with Crippen LogP contribution in [0, 0.1) is 0 Å². The van der Waals surface area contributed by atoms with Crippen molar-refractivity contribution in [1.29, 1.82) is 0 Å². The SMILES string of the molecule is CCCCCCCCCCC(Oc1ccc(N2CCS(=O)(=O)CC2)cc1)C(=O)OCC(C)(C)c1nnc2c(Cl)c(C(C)(C)C)[nH]n12. The van der Waals surface area contributed by atoms with Crippen molar-refractivity contribution in [3.8, 4) is 5.75 Å². The third-order valence-electron chi connectivity index (χ3n) is 8.64. The average molecular weight is 678 g/mol. The minimum Gasteiger partial charge on any atom is -0.479 e. The summed E-state index contributed by atoms with van der Waals surface area (Å²) in [6.07, 6.45) is 9.07. The fourth-order valence-corrected chi connectivity index (χ4v) is 7.36. The molecule has 256 valence electrons. The Bertz CT molecular complexity index is 1530. The number of hydrogen-bond acceptors (Lipinski definition) is 8. The number of H-pyrrole nitrogens is 1. The second kappa shape index (κ2) is 15.4. The van der Waals surface area contributed by atoms with Crippen molar-refractivity contribution in [2.24, 2.45) is 0 Å². The summed E-state index contributed by atoms with van der Waals surface area (Å²) >= 11 is 6.64. The van der Waals surface area contributed by atoms with E-state index in [0.29, 0.717) is 41.8 Å². The third-order valence-corrected chi connectivity index (χ3v) is 10.6. The van der Waals surface area contributed by atoms with E-state index in [2.05, 4.69) is 47.9 Å². The second-order valence-corrected chi connectivity index (χ2v) is 16.9. The highest BCUT2D eigenvalue weighted by Crippen LogP contribution is 2.33.